The molecule has 0 radical (unpaired) electrons. The van der Waals surface area contributed by atoms with Crippen molar-refractivity contribution in [3.05, 3.63) is 46.7 Å². The molecule has 2 fully saturated rings. The molecule has 1 amide bonds. The highest BCUT2D eigenvalue weighted by Crippen LogP contribution is 2.49. The molecule has 136 valence electrons. The van der Waals surface area contributed by atoms with Gasteiger partial charge in [0.25, 0.3) is 5.91 Å². The van der Waals surface area contributed by atoms with Gasteiger partial charge in [-0.15, -0.1) is 0 Å². The molecule has 26 heavy (non-hydrogen) atoms. The number of hydrogen-bond acceptors (Lipinski definition) is 5. The SMILES string of the molecule is O=C(c1cncc(Br)c1)N1CC2CCCC2(COc2ncc(F)cn2)C1. The quantitative estimate of drug-likeness (QED) is 0.759. The van der Waals surface area contributed by atoms with Gasteiger partial charge in [0.1, 0.15) is 0 Å². The summed E-state index contributed by atoms with van der Waals surface area (Å²) in [5.41, 5.74) is 0.490. The Kier molecular flexibility index (Phi) is 4.60. The fourth-order valence-corrected chi connectivity index (χ4v) is 4.46. The molecule has 1 aliphatic heterocycles. The van der Waals surface area contributed by atoms with E-state index >= 15 is 0 Å². The summed E-state index contributed by atoms with van der Waals surface area (Å²) >= 11 is 3.36. The molecule has 2 aliphatic rings. The first kappa shape index (κ1) is 17.3. The molecule has 2 atom stereocenters. The minimum atomic E-state index is -0.491. The molecule has 0 N–H and O–H groups in total. The van der Waals surface area contributed by atoms with Crippen molar-refractivity contribution in [2.24, 2.45) is 11.3 Å². The first-order chi connectivity index (χ1) is 12.6. The number of amides is 1. The summed E-state index contributed by atoms with van der Waals surface area (Å²) in [6.07, 6.45) is 8.64. The molecule has 2 unspecified atom stereocenters. The number of hydrogen-bond donors (Lipinski definition) is 0. The van der Waals surface area contributed by atoms with E-state index in [0.29, 0.717) is 24.6 Å². The van der Waals surface area contributed by atoms with Crippen molar-refractivity contribution >= 4 is 21.8 Å². The van der Waals surface area contributed by atoms with Crippen molar-refractivity contribution in [3.63, 3.8) is 0 Å². The predicted octanol–water partition coefficient (Wildman–Crippen LogP) is 3.09. The Morgan fingerprint density at radius 3 is 2.92 bits per heavy atom. The summed E-state index contributed by atoms with van der Waals surface area (Å²) in [5.74, 6) is -0.104. The molecule has 0 aromatic carbocycles. The number of ether oxygens (including phenoxy) is 1. The smallest absolute Gasteiger partial charge is 0.316 e. The molecular weight excluding hydrogens is 403 g/mol. The molecule has 1 saturated heterocycles. The second-order valence-electron chi connectivity index (χ2n) is 7.00. The van der Waals surface area contributed by atoms with Gasteiger partial charge in [-0.05, 0) is 40.8 Å². The Hall–Kier alpha value is -2.09. The van der Waals surface area contributed by atoms with Gasteiger partial charge in [0.15, 0.2) is 5.82 Å². The Labute approximate surface area is 158 Å². The summed E-state index contributed by atoms with van der Waals surface area (Å²) < 4.78 is 19.5. The lowest BCUT2D eigenvalue weighted by molar-refractivity contribution is 0.0741. The fourth-order valence-electron chi connectivity index (χ4n) is 4.10. The normalized spacial score (nSPS) is 24.5. The molecule has 2 aromatic heterocycles. The zero-order valence-electron chi connectivity index (χ0n) is 14.1. The number of fused-ring (bicyclic) bond motifs is 1. The van der Waals surface area contributed by atoms with Crippen molar-refractivity contribution in [3.8, 4) is 6.01 Å². The van der Waals surface area contributed by atoms with Gasteiger partial charge in [0.05, 0.1) is 24.6 Å². The van der Waals surface area contributed by atoms with Crippen LogP contribution in [0.4, 0.5) is 4.39 Å². The summed E-state index contributed by atoms with van der Waals surface area (Å²) in [7, 11) is 0. The summed E-state index contributed by atoms with van der Waals surface area (Å²) in [4.78, 5) is 26.5. The van der Waals surface area contributed by atoms with E-state index in [-0.39, 0.29) is 17.3 Å². The van der Waals surface area contributed by atoms with E-state index in [1.54, 1.807) is 18.5 Å². The fraction of sp³-hybridized carbons (Fsp3) is 0.444. The minimum Gasteiger partial charge on any atom is -0.463 e. The monoisotopic (exact) mass is 420 g/mol. The van der Waals surface area contributed by atoms with Crippen LogP contribution < -0.4 is 4.74 Å². The van der Waals surface area contributed by atoms with Crippen LogP contribution in [0.1, 0.15) is 29.6 Å². The molecular formula is C18H18BrFN4O2. The second kappa shape index (κ2) is 6.90. The van der Waals surface area contributed by atoms with E-state index in [2.05, 4.69) is 30.9 Å². The summed E-state index contributed by atoms with van der Waals surface area (Å²) in [6, 6.07) is 1.96. The third-order valence-corrected chi connectivity index (χ3v) is 5.80. The van der Waals surface area contributed by atoms with Gasteiger partial charge in [0.2, 0.25) is 0 Å². The number of rotatable bonds is 4. The van der Waals surface area contributed by atoms with Crippen LogP contribution in [0, 0.1) is 17.2 Å². The van der Waals surface area contributed by atoms with Crippen molar-refractivity contribution in [2.75, 3.05) is 19.7 Å². The van der Waals surface area contributed by atoms with Crippen LogP contribution in [0.25, 0.3) is 0 Å². The Morgan fingerprint density at radius 1 is 1.35 bits per heavy atom. The van der Waals surface area contributed by atoms with Crippen LogP contribution in [0.15, 0.2) is 35.3 Å². The Balaban J connectivity index is 1.47. The molecule has 8 heteroatoms. The molecule has 0 spiro atoms. The number of nitrogens with zero attached hydrogens (tertiary/aromatic N) is 4. The van der Waals surface area contributed by atoms with E-state index in [0.717, 1.165) is 42.7 Å². The van der Waals surface area contributed by atoms with E-state index in [1.165, 1.54) is 0 Å². The van der Waals surface area contributed by atoms with Crippen LogP contribution in [0.3, 0.4) is 0 Å². The van der Waals surface area contributed by atoms with E-state index in [9.17, 15) is 9.18 Å². The third kappa shape index (κ3) is 3.30. The Morgan fingerprint density at radius 2 is 2.15 bits per heavy atom. The lowest BCUT2D eigenvalue weighted by Gasteiger charge is -2.28. The van der Waals surface area contributed by atoms with Gasteiger partial charge in [-0.3, -0.25) is 9.78 Å². The molecule has 1 aliphatic carbocycles. The van der Waals surface area contributed by atoms with Gasteiger partial charge < -0.3 is 9.64 Å². The van der Waals surface area contributed by atoms with Gasteiger partial charge >= 0.3 is 6.01 Å². The number of halogens is 2. The highest BCUT2D eigenvalue weighted by atomic mass is 79.9. The van der Waals surface area contributed by atoms with Crippen molar-refractivity contribution in [1.82, 2.24) is 19.9 Å². The summed E-state index contributed by atoms with van der Waals surface area (Å²) in [5, 5.41) is 0. The largest absolute Gasteiger partial charge is 0.463 e. The maximum atomic E-state index is 12.9. The average Bonchev–Trinajstić information content (AvgIpc) is 3.18. The second-order valence-corrected chi connectivity index (χ2v) is 7.92. The minimum absolute atomic E-state index is 0.00870. The molecule has 6 nitrogen and oxygen atoms in total. The highest BCUT2D eigenvalue weighted by Gasteiger charge is 2.51. The van der Waals surface area contributed by atoms with Crippen LogP contribution in [-0.4, -0.2) is 45.5 Å². The standard InChI is InChI=1S/C18H18BrFN4O2/c19-14-4-12(5-21-6-14)16(25)24-9-13-2-1-3-18(13,10-24)11-26-17-22-7-15(20)8-23-17/h4-8,13H,1-3,9-11H2. The number of pyridine rings is 1. The topological polar surface area (TPSA) is 68.2 Å². The van der Waals surface area contributed by atoms with Crippen LogP contribution in [0.2, 0.25) is 0 Å². The van der Waals surface area contributed by atoms with Gasteiger partial charge in [0, 0.05) is 35.4 Å². The number of carbonyl (C=O) groups excluding carboxylic acids is 1. The lowest BCUT2D eigenvalue weighted by atomic mass is 9.82. The third-order valence-electron chi connectivity index (χ3n) is 5.36. The molecule has 1 saturated carbocycles. The van der Waals surface area contributed by atoms with Gasteiger partial charge in [-0.2, -0.15) is 0 Å². The zero-order chi connectivity index (χ0) is 18.1. The molecule has 4 rings (SSSR count). The Bertz CT molecular complexity index is 819. The van der Waals surface area contributed by atoms with E-state index < -0.39 is 5.82 Å². The van der Waals surface area contributed by atoms with Gasteiger partial charge in [-0.25, -0.2) is 14.4 Å². The van der Waals surface area contributed by atoms with Gasteiger partial charge in [-0.1, -0.05) is 6.42 Å². The van der Waals surface area contributed by atoms with Crippen LogP contribution >= 0.6 is 15.9 Å². The van der Waals surface area contributed by atoms with Crippen molar-refractivity contribution in [2.45, 2.75) is 19.3 Å². The summed E-state index contributed by atoms with van der Waals surface area (Å²) in [6.45, 7) is 1.80. The molecule has 0 bridgehead atoms. The predicted molar refractivity (Wildman–Crippen MR) is 95.1 cm³/mol. The number of likely N-dealkylation sites (tertiary alicyclic amines) is 1. The first-order valence-electron chi connectivity index (χ1n) is 8.56. The molecule has 2 aromatic rings. The van der Waals surface area contributed by atoms with Crippen molar-refractivity contribution in [1.29, 1.82) is 0 Å². The average molecular weight is 421 g/mol. The zero-order valence-corrected chi connectivity index (χ0v) is 15.7. The lowest BCUT2D eigenvalue weighted by Crippen LogP contribution is -2.35. The van der Waals surface area contributed by atoms with Crippen LogP contribution in [0.5, 0.6) is 6.01 Å². The van der Waals surface area contributed by atoms with E-state index in [1.807, 2.05) is 4.90 Å². The molecule has 3 heterocycles. The maximum Gasteiger partial charge on any atom is 0.316 e. The van der Waals surface area contributed by atoms with E-state index in [4.69, 9.17) is 4.74 Å². The first-order valence-corrected chi connectivity index (χ1v) is 9.35. The maximum absolute atomic E-state index is 12.9. The van der Waals surface area contributed by atoms with Crippen LogP contribution in [-0.2, 0) is 0 Å². The highest BCUT2D eigenvalue weighted by molar-refractivity contribution is 9.10. The van der Waals surface area contributed by atoms with Crippen molar-refractivity contribution < 1.29 is 13.9 Å². The number of aromatic nitrogens is 3. The number of carbonyl (C=O) groups is 1.